The van der Waals surface area contributed by atoms with E-state index in [1.807, 2.05) is 49.4 Å². The summed E-state index contributed by atoms with van der Waals surface area (Å²) in [6, 6.07) is 17.1. The van der Waals surface area contributed by atoms with Crippen LogP contribution in [0.1, 0.15) is 49.8 Å². The lowest BCUT2D eigenvalue weighted by atomic mass is 9.97. The van der Waals surface area contributed by atoms with E-state index in [1.54, 1.807) is 26.0 Å². The van der Waals surface area contributed by atoms with E-state index >= 15 is 0 Å². The number of carbonyl (C=O) groups excluding carboxylic acids is 1. The molecule has 1 atom stereocenters. The third-order valence-corrected chi connectivity index (χ3v) is 5.69. The number of carbonyl (C=O) groups is 1. The van der Waals surface area contributed by atoms with Crippen molar-refractivity contribution in [2.75, 3.05) is 0 Å². The maximum absolute atomic E-state index is 12.2. The van der Waals surface area contributed by atoms with E-state index in [1.165, 1.54) is 0 Å². The molecule has 0 saturated heterocycles. The number of nitrogens with one attached hydrogen (secondary N) is 2. The molecule has 5 nitrogen and oxygen atoms in total. The zero-order valence-electron chi connectivity index (χ0n) is 16.1. The quantitative estimate of drug-likeness (QED) is 0.692. The van der Waals surface area contributed by atoms with Gasteiger partial charge in [-0.3, -0.25) is 4.79 Å². The van der Waals surface area contributed by atoms with Crippen LogP contribution in [-0.4, -0.2) is 20.4 Å². The van der Waals surface area contributed by atoms with Gasteiger partial charge in [0.1, 0.15) is 0 Å². The van der Waals surface area contributed by atoms with E-state index in [0.29, 0.717) is 13.0 Å². The van der Waals surface area contributed by atoms with E-state index in [-0.39, 0.29) is 23.6 Å². The predicted octanol–water partition coefficient (Wildman–Crippen LogP) is 3.32. The van der Waals surface area contributed by atoms with Gasteiger partial charge in [0.05, 0.1) is 5.75 Å². The van der Waals surface area contributed by atoms with E-state index in [2.05, 4.69) is 10.0 Å². The SMILES string of the molecule is CC(C)NS(=O)(=O)Cc1ccc(CNC(=O)C[C@@H](C)c2ccccc2)cc1. The Hall–Kier alpha value is -2.18. The van der Waals surface area contributed by atoms with Gasteiger partial charge < -0.3 is 5.32 Å². The van der Waals surface area contributed by atoms with Crippen LogP contribution in [0.5, 0.6) is 0 Å². The highest BCUT2D eigenvalue weighted by Crippen LogP contribution is 2.18. The molecule has 0 aliphatic rings. The highest BCUT2D eigenvalue weighted by atomic mass is 32.2. The lowest BCUT2D eigenvalue weighted by Crippen LogP contribution is -2.31. The summed E-state index contributed by atoms with van der Waals surface area (Å²) in [6.45, 7) is 6.05. The largest absolute Gasteiger partial charge is 0.352 e. The summed E-state index contributed by atoms with van der Waals surface area (Å²) in [5.41, 5.74) is 2.80. The molecule has 0 heterocycles. The number of sulfonamides is 1. The highest BCUT2D eigenvalue weighted by molar-refractivity contribution is 7.88. The molecule has 0 bridgehead atoms. The van der Waals surface area contributed by atoms with Crippen molar-refractivity contribution in [2.24, 2.45) is 0 Å². The second-order valence-electron chi connectivity index (χ2n) is 7.14. The maximum Gasteiger partial charge on any atom is 0.220 e. The number of rotatable bonds is 9. The first-order valence-corrected chi connectivity index (χ1v) is 10.8. The van der Waals surface area contributed by atoms with Gasteiger partial charge >= 0.3 is 0 Å². The minimum absolute atomic E-state index is 0.000796. The Morgan fingerprint density at radius 3 is 2.11 bits per heavy atom. The Balaban J connectivity index is 1.83. The molecule has 146 valence electrons. The molecular weight excluding hydrogens is 360 g/mol. The van der Waals surface area contributed by atoms with Crippen LogP contribution in [0.2, 0.25) is 0 Å². The van der Waals surface area contributed by atoms with Crippen LogP contribution in [0.4, 0.5) is 0 Å². The van der Waals surface area contributed by atoms with E-state index in [0.717, 1.165) is 16.7 Å². The minimum Gasteiger partial charge on any atom is -0.352 e. The first kappa shape index (κ1) is 21.1. The molecule has 6 heteroatoms. The molecule has 27 heavy (non-hydrogen) atoms. The second-order valence-corrected chi connectivity index (χ2v) is 8.89. The molecule has 0 aliphatic carbocycles. The molecule has 0 saturated carbocycles. The molecule has 0 aliphatic heterocycles. The molecule has 0 unspecified atom stereocenters. The fourth-order valence-electron chi connectivity index (χ4n) is 2.82. The molecule has 2 rings (SSSR count). The summed E-state index contributed by atoms with van der Waals surface area (Å²) in [7, 11) is -3.33. The van der Waals surface area contributed by atoms with Gasteiger partial charge in [-0.1, -0.05) is 61.5 Å². The van der Waals surface area contributed by atoms with Gasteiger partial charge in [-0.15, -0.1) is 0 Å². The van der Waals surface area contributed by atoms with Gasteiger partial charge in [0, 0.05) is 19.0 Å². The van der Waals surface area contributed by atoms with Crippen molar-refractivity contribution in [1.29, 1.82) is 0 Å². The summed E-state index contributed by atoms with van der Waals surface area (Å²) in [4.78, 5) is 12.2. The van der Waals surface area contributed by atoms with Crippen molar-refractivity contribution in [3.63, 3.8) is 0 Å². The van der Waals surface area contributed by atoms with Gasteiger partial charge in [0.25, 0.3) is 0 Å². The van der Waals surface area contributed by atoms with Crippen LogP contribution in [0.3, 0.4) is 0 Å². The first-order valence-electron chi connectivity index (χ1n) is 9.14. The zero-order valence-corrected chi connectivity index (χ0v) is 16.9. The summed E-state index contributed by atoms with van der Waals surface area (Å²) < 4.78 is 26.5. The monoisotopic (exact) mass is 388 g/mol. The Morgan fingerprint density at radius 2 is 1.52 bits per heavy atom. The number of hydrogen-bond acceptors (Lipinski definition) is 3. The Kier molecular flexibility index (Phi) is 7.56. The molecule has 2 aromatic rings. The first-order chi connectivity index (χ1) is 12.7. The minimum atomic E-state index is -3.33. The van der Waals surface area contributed by atoms with Gasteiger partial charge in [-0.05, 0) is 36.5 Å². The third-order valence-electron chi connectivity index (χ3n) is 4.14. The lowest BCUT2D eigenvalue weighted by molar-refractivity contribution is -0.121. The van der Waals surface area contributed by atoms with Gasteiger partial charge in [-0.25, -0.2) is 13.1 Å². The van der Waals surface area contributed by atoms with Gasteiger partial charge in [0.2, 0.25) is 15.9 Å². The molecule has 2 aromatic carbocycles. The van der Waals surface area contributed by atoms with Crippen LogP contribution in [-0.2, 0) is 27.1 Å². The van der Waals surface area contributed by atoms with Crippen molar-refractivity contribution in [3.8, 4) is 0 Å². The van der Waals surface area contributed by atoms with Crippen molar-refractivity contribution < 1.29 is 13.2 Å². The number of benzene rings is 2. The fourth-order valence-corrected chi connectivity index (χ4v) is 4.26. The predicted molar refractivity (Wildman–Crippen MR) is 109 cm³/mol. The van der Waals surface area contributed by atoms with Crippen LogP contribution in [0.15, 0.2) is 54.6 Å². The summed E-state index contributed by atoms with van der Waals surface area (Å²) >= 11 is 0. The number of hydrogen-bond donors (Lipinski definition) is 2. The van der Waals surface area contributed by atoms with Crippen LogP contribution >= 0.6 is 0 Å². The molecule has 2 N–H and O–H groups in total. The van der Waals surface area contributed by atoms with Gasteiger partial charge in [0.15, 0.2) is 0 Å². The van der Waals surface area contributed by atoms with E-state index in [4.69, 9.17) is 0 Å². The standard InChI is InChI=1S/C21H28N2O3S/c1-16(2)23-27(25,26)15-19-11-9-18(10-12-19)14-22-21(24)13-17(3)20-7-5-4-6-8-20/h4-12,16-17,23H,13-15H2,1-3H3,(H,22,24)/t17-/m1/s1. The van der Waals surface area contributed by atoms with Crippen LogP contribution < -0.4 is 10.0 Å². The van der Waals surface area contributed by atoms with Crippen molar-refractivity contribution in [2.45, 2.75) is 51.4 Å². The smallest absolute Gasteiger partial charge is 0.220 e. The Labute approximate surface area is 162 Å². The normalized spacial score (nSPS) is 12.7. The Bertz CT molecular complexity index is 831. The zero-order chi connectivity index (χ0) is 19.9. The van der Waals surface area contributed by atoms with Crippen molar-refractivity contribution in [1.82, 2.24) is 10.0 Å². The summed E-state index contributed by atoms with van der Waals surface area (Å²) in [5, 5.41) is 2.92. The van der Waals surface area contributed by atoms with Crippen LogP contribution in [0.25, 0.3) is 0 Å². The average molecular weight is 389 g/mol. The number of amides is 1. The molecule has 0 radical (unpaired) electrons. The lowest BCUT2D eigenvalue weighted by Gasteiger charge is -2.12. The fraction of sp³-hybridized carbons (Fsp3) is 0.381. The molecule has 0 fully saturated rings. The van der Waals surface area contributed by atoms with Crippen molar-refractivity contribution >= 4 is 15.9 Å². The summed E-state index contributed by atoms with van der Waals surface area (Å²) in [5.74, 6) is 0.109. The molecule has 0 spiro atoms. The van der Waals surface area contributed by atoms with E-state index < -0.39 is 10.0 Å². The highest BCUT2D eigenvalue weighted by Gasteiger charge is 2.13. The third kappa shape index (κ3) is 7.53. The topological polar surface area (TPSA) is 75.3 Å². The average Bonchev–Trinajstić information content (AvgIpc) is 2.60. The molecule has 1 amide bonds. The maximum atomic E-state index is 12.2. The molecular formula is C21H28N2O3S. The van der Waals surface area contributed by atoms with Gasteiger partial charge in [-0.2, -0.15) is 0 Å². The van der Waals surface area contributed by atoms with E-state index in [9.17, 15) is 13.2 Å². The summed E-state index contributed by atoms with van der Waals surface area (Å²) in [6.07, 6.45) is 0.432. The van der Waals surface area contributed by atoms with Crippen LogP contribution in [0, 0.1) is 0 Å². The molecule has 0 aromatic heterocycles. The van der Waals surface area contributed by atoms with Crippen molar-refractivity contribution in [3.05, 3.63) is 71.3 Å². The Morgan fingerprint density at radius 1 is 0.926 bits per heavy atom. The second kappa shape index (κ2) is 9.67.